The molecule has 2 rings (SSSR count). The molecule has 0 atom stereocenters. The third-order valence-corrected chi connectivity index (χ3v) is 3.47. The van der Waals surface area contributed by atoms with E-state index < -0.39 is 5.91 Å². The molecule has 2 amide bonds. The van der Waals surface area contributed by atoms with Gasteiger partial charge in [-0.05, 0) is 30.0 Å². The first-order valence-electron chi connectivity index (χ1n) is 5.64. The molecule has 6 nitrogen and oxygen atoms in total. The van der Waals surface area contributed by atoms with Gasteiger partial charge < -0.3 is 14.2 Å². The average Bonchev–Trinajstić information content (AvgIpc) is 2.76. The van der Waals surface area contributed by atoms with Crippen molar-refractivity contribution in [2.75, 3.05) is 21.3 Å². The van der Waals surface area contributed by atoms with Crippen LogP contribution in [0.1, 0.15) is 5.56 Å². The number of ether oxygens (including phenoxy) is 3. The molecule has 0 spiro atoms. The first kappa shape index (κ1) is 14.3. The van der Waals surface area contributed by atoms with E-state index in [0.717, 1.165) is 11.8 Å². The average molecular weight is 295 g/mol. The summed E-state index contributed by atoms with van der Waals surface area (Å²) in [6, 6.07) is 3.43. The maximum atomic E-state index is 11.5. The van der Waals surface area contributed by atoms with Gasteiger partial charge in [0, 0.05) is 5.56 Å². The van der Waals surface area contributed by atoms with Crippen LogP contribution >= 0.6 is 11.8 Å². The van der Waals surface area contributed by atoms with Crippen LogP contribution in [0.4, 0.5) is 4.79 Å². The van der Waals surface area contributed by atoms with Gasteiger partial charge >= 0.3 is 0 Å². The van der Waals surface area contributed by atoms with Crippen LogP contribution in [0.3, 0.4) is 0 Å². The summed E-state index contributed by atoms with van der Waals surface area (Å²) in [6.45, 7) is 0. The zero-order valence-corrected chi connectivity index (χ0v) is 12.0. The first-order valence-corrected chi connectivity index (χ1v) is 6.46. The lowest BCUT2D eigenvalue weighted by atomic mass is 10.1. The van der Waals surface area contributed by atoms with Gasteiger partial charge in [-0.3, -0.25) is 14.9 Å². The maximum Gasteiger partial charge on any atom is 0.290 e. The van der Waals surface area contributed by atoms with Crippen molar-refractivity contribution in [3.8, 4) is 17.2 Å². The Balaban J connectivity index is 2.50. The number of hydrogen-bond acceptors (Lipinski definition) is 6. The molecular formula is C13H13NO5S. The van der Waals surface area contributed by atoms with Crippen LogP contribution in [0.2, 0.25) is 0 Å². The Morgan fingerprint density at radius 3 is 2.25 bits per heavy atom. The Morgan fingerprint density at radius 2 is 1.75 bits per heavy atom. The Morgan fingerprint density at radius 1 is 1.05 bits per heavy atom. The standard InChI is InChI=1S/C13H13NO5S/c1-17-8-5-4-7(10(18-2)11(8)19-3)6-9-12(15)14-13(16)20-9/h4-6H,1-3H3,(H,14,15,16)/b9-6+. The zero-order valence-electron chi connectivity index (χ0n) is 11.2. The van der Waals surface area contributed by atoms with E-state index in [4.69, 9.17) is 14.2 Å². The third-order valence-electron chi connectivity index (χ3n) is 2.66. The van der Waals surface area contributed by atoms with Gasteiger partial charge in [-0.15, -0.1) is 0 Å². The lowest BCUT2D eigenvalue weighted by Crippen LogP contribution is -2.17. The Kier molecular flexibility index (Phi) is 4.19. The number of methoxy groups -OCH3 is 3. The van der Waals surface area contributed by atoms with Crippen LogP contribution in [0.25, 0.3) is 6.08 Å². The Labute approximate surface area is 120 Å². The highest BCUT2D eigenvalue weighted by Crippen LogP contribution is 2.41. The molecule has 106 valence electrons. The number of thioether (sulfide) groups is 1. The number of rotatable bonds is 4. The second-order valence-corrected chi connectivity index (χ2v) is 4.79. The summed E-state index contributed by atoms with van der Waals surface area (Å²) in [5.41, 5.74) is 0.623. The first-order chi connectivity index (χ1) is 9.60. The molecule has 1 aromatic carbocycles. The molecule has 1 aliphatic rings. The van der Waals surface area contributed by atoms with E-state index in [2.05, 4.69) is 5.32 Å². The predicted octanol–water partition coefficient (Wildman–Crippen LogP) is 2.04. The number of nitrogens with one attached hydrogen (secondary N) is 1. The second-order valence-electron chi connectivity index (χ2n) is 3.78. The second kappa shape index (κ2) is 5.87. The van der Waals surface area contributed by atoms with E-state index >= 15 is 0 Å². The molecule has 1 heterocycles. The summed E-state index contributed by atoms with van der Waals surface area (Å²) < 4.78 is 15.7. The van der Waals surface area contributed by atoms with Crippen molar-refractivity contribution in [1.82, 2.24) is 5.32 Å². The smallest absolute Gasteiger partial charge is 0.290 e. The van der Waals surface area contributed by atoms with Crippen molar-refractivity contribution in [1.29, 1.82) is 0 Å². The van der Waals surface area contributed by atoms with Crippen LogP contribution in [0.15, 0.2) is 17.0 Å². The molecule has 0 radical (unpaired) electrons. The molecule has 0 unspecified atom stereocenters. The van der Waals surface area contributed by atoms with Gasteiger partial charge in [-0.25, -0.2) is 0 Å². The summed E-state index contributed by atoms with van der Waals surface area (Å²) in [7, 11) is 4.51. The number of carbonyl (C=O) groups excluding carboxylic acids is 2. The van der Waals surface area contributed by atoms with Gasteiger partial charge in [-0.2, -0.15) is 0 Å². The van der Waals surface area contributed by atoms with Crippen LogP contribution in [0, 0.1) is 0 Å². The van der Waals surface area contributed by atoms with E-state index in [1.807, 2.05) is 0 Å². The fourth-order valence-corrected chi connectivity index (χ4v) is 2.47. The lowest BCUT2D eigenvalue weighted by molar-refractivity contribution is -0.115. The van der Waals surface area contributed by atoms with Crippen molar-refractivity contribution in [3.05, 3.63) is 22.6 Å². The van der Waals surface area contributed by atoms with Crippen molar-refractivity contribution in [3.63, 3.8) is 0 Å². The minimum Gasteiger partial charge on any atom is -0.493 e. The number of benzene rings is 1. The molecule has 1 aromatic rings. The molecule has 1 N–H and O–H groups in total. The molecule has 20 heavy (non-hydrogen) atoms. The maximum absolute atomic E-state index is 11.5. The van der Waals surface area contributed by atoms with Crippen molar-refractivity contribution in [2.24, 2.45) is 0 Å². The molecule has 0 bridgehead atoms. The minimum absolute atomic E-state index is 0.306. The fraction of sp³-hybridized carbons (Fsp3) is 0.231. The quantitative estimate of drug-likeness (QED) is 0.857. The Bertz CT molecular complexity index is 597. The normalized spacial score (nSPS) is 16.2. The number of amides is 2. The minimum atomic E-state index is -0.420. The molecule has 1 fully saturated rings. The monoisotopic (exact) mass is 295 g/mol. The van der Waals surface area contributed by atoms with Crippen LogP contribution in [0.5, 0.6) is 17.2 Å². The van der Waals surface area contributed by atoms with Crippen molar-refractivity contribution in [2.45, 2.75) is 0 Å². The molecule has 0 aromatic heterocycles. The van der Waals surface area contributed by atoms with Crippen LogP contribution < -0.4 is 19.5 Å². The molecular weight excluding hydrogens is 282 g/mol. The molecule has 1 saturated heterocycles. The highest BCUT2D eigenvalue weighted by molar-refractivity contribution is 8.18. The van der Waals surface area contributed by atoms with Gasteiger partial charge in [0.25, 0.3) is 11.1 Å². The summed E-state index contributed by atoms with van der Waals surface area (Å²) in [5, 5.41) is 1.81. The topological polar surface area (TPSA) is 73.9 Å². The van der Waals surface area contributed by atoms with E-state index in [1.165, 1.54) is 21.3 Å². The van der Waals surface area contributed by atoms with E-state index in [0.29, 0.717) is 27.7 Å². The summed E-state index contributed by atoms with van der Waals surface area (Å²) in [6.07, 6.45) is 1.58. The highest BCUT2D eigenvalue weighted by Gasteiger charge is 2.26. The van der Waals surface area contributed by atoms with Crippen LogP contribution in [-0.4, -0.2) is 32.5 Å². The van der Waals surface area contributed by atoms with Gasteiger partial charge in [0.05, 0.1) is 26.2 Å². The third kappa shape index (κ3) is 2.57. The molecule has 0 saturated carbocycles. The molecule has 7 heteroatoms. The summed E-state index contributed by atoms with van der Waals surface area (Å²) in [5.74, 6) is 0.967. The van der Waals surface area contributed by atoms with E-state index in [9.17, 15) is 9.59 Å². The predicted molar refractivity (Wildman–Crippen MR) is 75.2 cm³/mol. The molecule has 1 aliphatic heterocycles. The van der Waals surface area contributed by atoms with Gasteiger partial charge in [0.15, 0.2) is 11.5 Å². The number of carbonyl (C=O) groups is 2. The summed E-state index contributed by atoms with van der Waals surface area (Å²) in [4.78, 5) is 23.0. The van der Waals surface area contributed by atoms with E-state index in [1.54, 1.807) is 18.2 Å². The number of imide groups is 1. The van der Waals surface area contributed by atoms with Crippen LogP contribution in [-0.2, 0) is 4.79 Å². The number of hydrogen-bond donors (Lipinski definition) is 1. The fourth-order valence-electron chi connectivity index (χ4n) is 1.80. The lowest BCUT2D eigenvalue weighted by Gasteiger charge is -2.14. The zero-order chi connectivity index (χ0) is 14.7. The SMILES string of the molecule is COc1ccc(/C=C2/SC(=O)NC2=O)c(OC)c1OC. The van der Waals surface area contributed by atoms with Gasteiger partial charge in [0.1, 0.15) is 0 Å². The largest absolute Gasteiger partial charge is 0.493 e. The van der Waals surface area contributed by atoms with Gasteiger partial charge in [-0.1, -0.05) is 0 Å². The Hall–Kier alpha value is -2.15. The molecule has 0 aliphatic carbocycles. The van der Waals surface area contributed by atoms with Crippen molar-refractivity contribution >= 4 is 29.0 Å². The van der Waals surface area contributed by atoms with E-state index in [-0.39, 0.29) is 5.24 Å². The van der Waals surface area contributed by atoms with Crippen molar-refractivity contribution < 1.29 is 23.8 Å². The van der Waals surface area contributed by atoms with Gasteiger partial charge in [0.2, 0.25) is 5.75 Å². The highest BCUT2D eigenvalue weighted by atomic mass is 32.2. The summed E-state index contributed by atoms with van der Waals surface area (Å²) >= 11 is 0.845.